The molecule has 0 saturated heterocycles. The summed E-state index contributed by atoms with van der Waals surface area (Å²) in [5, 5.41) is 9.36. The number of halogens is 3. The first-order chi connectivity index (χ1) is 13.1. The third kappa shape index (κ3) is 6.00. The zero-order valence-electron chi connectivity index (χ0n) is 15.2. The Kier molecular flexibility index (Phi) is 6.66. The largest absolute Gasteiger partial charge is 0.508 e. The lowest BCUT2D eigenvalue weighted by molar-refractivity contribution is -0.141. The van der Waals surface area contributed by atoms with Crippen molar-refractivity contribution in [1.82, 2.24) is 9.88 Å². The number of carbonyl (C=O) groups excluding carboxylic acids is 2. The molecule has 2 aromatic rings. The number of rotatable bonds is 7. The minimum Gasteiger partial charge on any atom is -0.508 e. The molecule has 0 aliphatic rings. The van der Waals surface area contributed by atoms with E-state index in [1.807, 2.05) is 0 Å². The summed E-state index contributed by atoms with van der Waals surface area (Å²) in [5.74, 6) is -1.99. The van der Waals surface area contributed by atoms with Crippen LogP contribution in [-0.4, -0.2) is 53.7 Å². The fraction of sp³-hybridized carbons (Fsp3) is 0.389. The molecule has 1 amide bonds. The van der Waals surface area contributed by atoms with Crippen LogP contribution in [0.25, 0.3) is 0 Å². The fourth-order valence-corrected chi connectivity index (χ4v) is 2.56. The summed E-state index contributed by atoms with van der Waals surface area (Å²) >= 11 is 0. The lowest BCUT2D eigenvalue weighted by Crippen LogP contribution is -2.36. The van der Waals surface area contributed by atoms with Gasteiger partial charge in [0.25, 0.3) is 5.91 Å². The Hall–Kier alpha value is -3.04. The van der Waals surface area contributed by atoms with Crippen LogP contribution in [0, 0.1) is 0 Å². The summed E-state index contributed by atoms with van der Waals surface area (Å²) in [4.78, 5) is 28.3. The highest BCUT2D eigenvalue weighted by Gasteiger charge is 2.33. The summed E-state index contributed by atoms with van der Waals surface area (Å²) in [7, 11) is 2.23. The van der Waals surface area contributed by atoms with Crippen molar-refractivity contribution in [1.29, 1.82) is 0 Å². The fourth-order valence-electron chi connectivity index (χ4n) is 2.56. The lowest BCUT2D eigenvalue weighted by Gasteiger charge is -2.17. The maximum Gasteiger partial charge on any atom is 0.406 e. The molecule has 152 valence electrons. The van der Waals surface area contributed by atoms with Crippen molar-refractivity contribution in [3.8, 4) is 5.75 Å². The van der Waals surface area contributed by atoms with Crippen LogP contribution >= 0.6 is 0 Å². The summed E-state index contributed by atoms with van der Waals surface area (Å²) in [6.07, 6.45) is -3.40. The summed E-state index contributed by atoms with van der Waals surface area (Å²) in [6.45, 7) is -1.42. The normalized spacial score (nSPS) is 12.5. The molecule has 0 aliphatic heterocycles. The van der Waals surface area contributed by atoms with Gasteiger partial charge in [-0.05, 0) is 24.1 Å². The molecule has 1 aromatic heterocycles. The van der Waals surface area contributed by atoms with Gasteiger partial charge in [0.1, 0.15) is 18.6 Å². The molecular formula is C18H19F3N2O5. The number of benzene rings is 1. The zero-order chi connectivity index (χ0) is 20.9. The van der Waals surface area contributed by atoms with Crippen molar-refractivity contribution in [3.05, 3.63) is 47.7 Å². The van der Waals surface area contributed by atoms with E-state index in [9.17, 15) is 27.9 Å². The Balaban J connectivity index is 2.20. The van der Waals surface area contributed by atoms with Crippen molar-refractivity contribution >= 4 is 11.9 Å². The SMILES string of the molecule is COC(=O)CC(Cc1ccc(O)cc1)c1nc(C(=O)N(C)CC(F)(F)F)co1. The van der Waals surface area contributed by atoms with Gasteiger partial charge in [-0.25, -0.2) is 4.98 Å². The molecule has 1 heterocycles. The summed E-state index contributed by atoms with van der Waals surface area (Å²) < 4.78 is 47.3. The van der Waals surface area contributed by atoms with Gasteiger partial charge in [-0.2, -0.15) is 13.2 Å². The smallest absolute Gasteiger partial charge is 0.406 e. The number of phenols is 1. The zero-order valence-corrected chi connectivity index (χ0v) is 15.2. The number of aromatic hydroxyl groups is 1. The van der Waals surface area contributed by atoms with Crippen molar-refractivity contribution < 1.29 is 37.0 Å². The lowest BCUT2D eigenvalue weighted by atomic mass is 9.96. The van der Waals surface area contributed by atoms with Gasteiger partial charge in [0.15, 0.2) is 11.6 Å². The number of phenolic OH excluding ortho intramolecular Hbond substituents is 1. The van der Waals surface area contributed by atoms with Gasteiger partial charge in [0, 0.05) is 7.05 Å². The number of hydrogen-bond acceptors (Lipinski definition) is 6. The second-order valence-corrected chi connectivity index (χ2v) is 6.20. The molecule has 1 unspecified atom stereocenters. The Morgan fingerprint density at radius 2 is 1.93 bits per heavy atom. The molecule has 0 radical (unpaired) electrons. The van der Waals surface area contributed by atoms with Gasteiger partial charge in [-0.1, -0.05) is 12.1 Å². The maximum atomic E-state index is 12.5. The molecule has 10 heteroatoms. The molecule has 2 rings (SSSR count). The number of ether oxygens (including phenoxy) is 1. The van der Waals surface area contributed by atoms with Gasteiger partial charge in [-0.3, -0.25) is 9.59 Å². The van der Waals surface area contributed by atoms with E-state index in [0.717, 1.165) is 18.9 Å². The van der Waals surface area contributed by atoms with E-state index in [-0.39, 0.29) is 30.2 Å². The second-order valence-electron chi connectivity index (χ2n) is 6.20. The topological polar surface area (TPSA) is 92.9 Å². The van der Waals surface area contributed by atoms with Crippen LogP contribution < -0.4 is 0 Å². The van der Waals surface area contributed by atoms with Crippen LogP contribution in [0.2, 0.25) is 0 Å². The molecule has 1 atom stereocenters. The van der Waals surface area contributed by atoms with Gasteiger partial charge in [-0.15, -0.1) is 0 Å². The quantitative estimate of drug-likeness (QED) is 0.719. The molecule has 0 fully saturated rings. The summed E-state index contributed by atoms with van der Waals surface area (Å²) in [6, 6.07) is 6.24. The van der Waals surface area contributed by atoms with Gasteiger partial charge in [0.2, 0.25) is 0 Å². The first kappa shape index (κ1) is 21.3. The number of hydrogen-bond donors (Lipinski definition) is 1. The molecule has 28 heavy (non-hydrogen) atoms. The van der Waals surface area contributed by atoms with Crippen molar-refractivity contribution in [2.24, 2.45) is 0 Å². The van der Waals surface area contributed by atoms with Gasteiger partial charge >= 0.3 is 12.1 Å². The highest BCUT2D eigenvalue weighted by molar-refractivity contribution is 5.91. The first-order valence-corrected chi connectivity index (χ1v) is 8.21. The second kappa shape index (κ2) is 8.77. The molecule has 7 nitrogen and oxygen atoms in total. The molecule has 0 spiro atoms. The molecule has 1 aromatic carbocycles. The molecule has 1 N–H and O–H groups in total. The molecular weight excluding hydrogens is 381 g/mol. The number of amides is 1. The van der Waals surface area contributed by atoms with Crippen LogP contribution in [0.15, 0.2) is 34.9 Å². The average Bonchev–Trinajstić information content (AvgIpc) is 3.10. The van der Waals surface area contributed by atoms with E-state index in [1.54, 1.807) is 12.1 Å². The third-order valence-electron chi connectivity index (χ3n) is 3.91. The number of carbonyl (C=O) groups is 2. The Morgan fingerprint density at radius 3 is 2.50 bits per heavy atom. The standard InChI is InChI=1S/C18H19F3N2O5/c1-23(10-18(19,20)21)17(26)14-9-28-16(22-14)12(8-15(25)27-2)7-11-3-5-13(24)6-4-11/h3-6,9,12,24H,7-8,10H2,1-2H3. The van der Waals surface area contributed by atoms with Gasteiger partial charge < -0.3 is 19.2 Å². The van der Waals surface area contributed by atoms with E-state index in [2.05, 4.69) is 9.72 Å². The van der Waals surface area contributed by atoms with E-state index in [0.29, 0.717) is 4.90 Å². The van der Waals surface area contributed by atoms with Crippen molar-refractivity contribution in [2.45, 2.75) is 24.9 Å². The first-order valence-electron chi connectivity index (χ1n) is 8.21. The number of oxazole rings is 1. The van der Waals surface area contributed by atoms with E-state index in [4.69, 9.17) is 4.42 Å². The molecule has 0 saturated carbocycles. The van der Waals surface area contributed by atoms with E-state index < -0.39 is 30.5 Å². The van der Waals surface area contributed by atoms with E-state index in [1.165, 1.54) is 19.2 Å². The van der Waals surface area contributed by atoms with Crippen molar-refractivity contribution in [3.63, 3.8) is 0 Å². The molecule has 0 aliphatic carbocycles. The third-order valence-corrected chi connectivity index (χ3v) is 3.91. The predicted octanol–water partition coefficient (Wildman–Crippen LogP) is 2.90. The van der Waals surface area contributed by atoms with E-state index >= 15 is 0 Å². The number of methoxy groups -OCH3 is 1. The maximum absolute atomic E-state index is 12.5. The number of esters is 1. The molecule has 0 bridgehead atoms. The monoisotopic (exact) mass is 400 g/mol. The Morgan fingerprint density at radius 1 is 1.29 bits per heavy atom. The number of nitrogens with zero attached hydrogens (tertiary/aromatic N) is 2. The minimum atomic E-state index is -4.54. The van der Waals surface area contributed by atoms with Crippen LogP contribution in [0.5, 0.6) is 5.75 Å². The van der Waals surface area contributed by atoms with Crippen LogP contribution in [-0.2, 0) is 16.0 Å². The Labute approximate surface area is 158 Å². The highest BCUT2D eigenvalue weighted by Crippen LogP contribution is 2.26. The number of aromatic nitrogens is 1. The van der Waals surface area contributed by atoms with Gasteiger partial charge in [0.05, 0.1) is 19.4 Å². The van der Waals surface area contributed by atoms with Crippen LogP contribution in [0.4, 0.5) is 13.2 Å². The summed E-state index contributed by atoms with van der Waals surface area (Å²) in [5.41, 5.74) is 0.467. The average molecular weight is 400 g/mol. The van der Waals surface area contributed by atoms with Crippen LogP contribution in [0.1, 0.15) is 34.3 Å². The minimum absolute atomic E-state index is 0.0298. The number of alkyl halides is 3. The predicted molar refractivity (Wildman–Crippen MR) is 90.7 cm³/mol. The highest BCUT2D eigenvalue weighted by atomic mass is 19.4. The Bertz CT molecular complexity index is 817. The van der Waals surface area contributed by atoms with Crippen LogP contribution in [0.3, 0.4) is 0 Å². The van der Waals surface area contributed by atoms with Crippen molar-refractivity contribution in [2.75, 3.05) is 20.7 Å².